The smallest absolute Gasteiger partial charge is 0.260 e. The van der Waals surface area contributed by atoms with E-state index >= 15 is 0 Å². The minimum Gasteiger partial charge on any atom is -0.269 e. The number of hydrogen-bond donors (Lipinski definition) is 0. The van der Waals surface area contributed by atoms with Crippen LogP contribution in [0.1, 0.15) is 25.3 Å². The molecule has 16 heavy (non-hydrogen) atoms. The van der Waals surface area contributed by atoms with Crippen molar-refractivity contribution in [3.8, 4) is 5.95 Å². The molecule has 0 unspecified atom stereocenters. The molecule has 2 rings (SSSR count). The summed E-state index contributed by atoms with van der Waals surface area (Å²) in [6.45, 7) is 3.99. The molecule has 0 fully saturated rings. The second-order valence-corrected chi connectivity index (χ2v) is 4.01. The van der Waals surface area contributed by atoms with Crippen molar-refractivity contribution in [1.29, 1.82) is 0 Å². The molecule has 0 aliphatic carbocycles. The lowest BCUT2D eigenvalue weighted by Crippen LogP contribution is -2.23. The van der Waals surface area contributed by atoms with Gasteiger partial charge in [-0.2, -0.15) is 4.98 Å². The van der Waals surface area contributed by atoms with Gasteiger partial charge in [0.25, 0.3) is 11.5 Å². The van der Waals surface area contributed by atoms with Gasteiger partial charge in [-0.3, -0.25) is 14.0 Å². The first-order valence-corrected chi connectivity index (χ1v) is 5.17. The van der Waals surface area contributed by atoms with Gasteiger partial charge in [0, 0.05) is 18.8 Å². The van der Waals surface area contributed by atoms with E-state index in [9.17, 15) is 4.79 Å². The van der Waals surface area contributed by atoms with E-state index in [1.807, 2.05) is 26.0 Å². The van der Waals surface area contributed by atoms with E-state index < -0.39 is 0 Å². The third kappa shape index (κ3) is 1.76. The van der Waals surface area contributed by atoms with E-state index in [1.165, 1.54) is 4.57 Å². The lowest BCUT2D eigenvalue weighted by molar-refractivity contribution is 0.739. The Morgan fingerprint density at radius 3 is 2.69 bits per heavy atom. The minimum absolute atomic E-state index is 0.0521. The largest absolute Gasteiger partial charge is 0.269 e. The fourth-order valence-corrected chi connectivity index (χ4v) is 1.55. The highest BCUT2D eigenvalue weighted by atomic mass is 16.1. The maximum atomic E-state index is 12.1. The fraction of sp³-hybridized carbons (Fsp3) is 0.364. The molecule has 0 saturated carbocycles. The van der Waals surface area contributed by atoms with Crippen LogP contribution in [0.15, 0.2) is 29.5 Å². The Morgan fingerprint density at radius 2 is 2.12 bits per heavy atom. The van der Waals surface area contributed by atoms with Gasteiger partial charge in [-0.05, 0) is 12.0 Å². The molecule has 5 nitrogen and oxygen atoms in total. The van der Waals surface area contributed by atoms with E-state index in [-0.39, 0.29) is 11.5 Å². The van der Waals surface area contributed by atoms with Crippen LogP contribution < -0.4 is 5.56 Å². The Bertz CT molecular complexity index is 553. The first-order valence-electron chi connectivity index (χ1n) is 5.17. The first-order chi connectivity index (χ1) is 7.59. The molecule has 0 amide bonds. The van der Waals surface area contributed by atoms with Crippen LogP contribution in [0.5, 0.6) is 0 Å². The zero-order valence-corrected chi connectivity index (χ0v) is 9.58. The van der Waals surface area contributed by atoms with Crippen LogP contribution in [0.4, 0.5) is 0 Å². The van der Waals surface area contributed by atoms with Gasteiger partial charge in [-0.25, -0.2) is 0 Å². The summed E-state index contributed by atoms with van der Waals surface area (Å²) < 4.78 is 3.04. The molecule has 0 bridgehead atoms. The van der Waals surface area contributed by atoms with Crippen molar-refractivity contribution in [3.05, 3.63) is 40.6 Å². The molecule has 0 atom stereocenters. The SMILES string of the molecule is CC(C)c1cccn(-c2ncn(C)n2)c1=O. The number of hydrogen-bond acceptors (Lipinski definition) is 3. The predicted molar refractivity (Wildman–Crippen MR) is 60.7 cm³/mol. The van der Waals surface area contributed by atoms with Crippen molar-refractivity contribution < 1.29 is 0 Å². The molecular formula is C11H14N4O. The molecular weight excluding hydrogens is 204 g/mol. The number of aryl methyl sites for hydroxylation is 1. The normalized spacial score (nSPS) is 11.0. The fourth-order valence-electron chi connectivity index (χ4n) is 1.55. The van der Waals surface area contributed by atoms with Crippen molar-refractivity contribution in [1.82, 2.24) is 19.3 Å². The summed E-state index contributed by atoms with van der Waals surface area (Å²) in [6.07, 6.45) is 3.26. The number of rotatable bonds is 2. The summed E-state index contributed by atoms with van der Waals surface area (Å²) in [5, 5.41) is 4.11. The van der Waals surface area contributed by atoms with Crippen LogP contribution in [0.25, 0.3) is 5.95 Å². The van der Waals surface area contributed by atoms with E-state index in [2.05, 4.69) is 10.1 Å². The molecule has 84 valence electrons. The monoisotopic (exact) mass is 218 g/mol. The number of aromatic nitrogens is 4. The van der Waals surface area contributed by atoms with Crippen LogP contribution in [-0.4, -0.2) is 19.3 Å². The van der Waals surface area contributed by atoms with Gasteiger partial charge < -0.3 is 0 Å². The van der Waals surface area contributed by atoms with Gasteiger partial charge >= 0.3 is 0 Å². The van der Waals surface area contributed by atoms with E-state index in [1.54, 1.807) is 24.3 Å². The van der Waals surface area contributed by atoms with Crippen LogP contribution in [0.2, 0.25) is 0 Å². The first kappa shape index (κ1) is 10.6. The molecule has 0 aliphatic rings. The van der Waals surface area contributed by atoms with E-state index in [0.717, 1.165) is 5.56 Å². The van der Waals surface area contributed by atoms with Gasteiger partial charge in [0.05, 0.1) is 0 Å². The zero-order chi connectivity index (χ0) is 11.7. The van der Waals surface area contributed by atoms with Crippen molar-refractivity contribution >= 4 is 0 Å². The Labute approximate surface area is 93.4 Å². The quantitative estimate of drug-likeness (QED) is 0.758. The van der Waals surface area contributed by atoms with E-state index in [4.69, 9.17) is 0 Å². The van der Waals surface area contributed by atoms with Crippen molar-refractivity contribution in [3.63, 3.8) is 0 Å². The minimum atomic E-state index is -0.0521. The predicted octanol–water partition coefficient (Wildman–Crippen LogP) is 1.09. The third-order valence-electron chi connectivity index (χ3n) is 2.40. The van der Waals surface area contributed by atoms with Crippen molar-refractivity contribution in [2.45, 2.75) is 19.8 Å². The van der Waals surface area contributed by atoms with Gasteiger partial charge in [0.2, 0.25) is 0 Å². The highest BCUT2D eigenvalue weighted by Crippen LogP contribution is 2.09. The molecule has 0 aromatic carbocycles. The molecule has 0 spiro atoms. The topological polar surface area (TPSA) is 52.7 Å². The van der Waals surface area contributed by atoms with Gasteiger partial charge in [-0.15, -0.1) is 5.10 Å². The standard InChI is InChI=1S/C11H14N4O/c1-8(2)9-5-4-6-15(10(9)16)11-12-7-14(3)13-11/h4-8H,1-3H3. The summed E-state index contributed by atoms with van der Waals surface area (Å²) in [7, 11) is 1.77. The van der Waals surface area contributed by atoms with Gasteiger partial charge in [0.15, 0.2) is 0 Å². The average molecular weight is 218 g/mol. The maximum Gasteiger partial charge on any atom is 0.260 e. The third-order valence-corrected chi connectivity index (χ3v) is 2.40. The Morgan fingerprint density at radius 1 is 1.38 bits per heavy atom. The molecule has 2 aromatic rings. The molecule has 0 saturated heterocycles. The highest BCUT2D eigenvalue weighted by Gasteiger charge is 2.10. The molecule has 0 radical (unpaired) electrons. The van der Waals surface area contributed by atoms with Gasteiger partial charge in [0.1, 0.15) is 6.33 Å². The van der Waals surface area contributed by atoms with Crippen LogP contribution >= 0.6 is 0 Å². The molecule has 0 N–H and O–H groups in total. The molecule has 2 heterocycles. The lowest BCUT2D eigenvalue weighted by atomic mass is 10.1. The summed E-state index contributed by atoms with van der Waals surface area (Å²) in [6, 6.07) is 3.68. The zero-order valence-electron chi connectivity index (χ0n) is 9.58. The molecule has 5 heteroatoms. The van der Waals surface area contributed by atoms with Gasteiger partial charge in [-0.1, -0.05) is 19.9 Å². The summed E-state index contributed by atoms with van der Waals surface area (Å²) in [4.78, 5) is 16.2. The highest BCUT2D eigenvalue weighted by molar-refractivity contribution is 5.20. The van der Waals surface area contributed by atoms with Crippen molar-refractivity contribution in [2.75, 3.05) is 0 Å². The second-order valence-electron chi connectivity index (χ2n) is 4.01. The summed E-state index contributed by atoms with van der Waals surface area (Å²) in [5.74, 6) is 0.610. The average Bonchev–Trinajstić information content (AvgIpc) is 2.64. The number of pyridine rings is 1. The lowest BCUT2D eigenvalue weighted by Gasteiger charge is -2.06. The van der Waals surface area contributed by atoms with Crippen LogP contribution in [0, 0.1) is 0 Å². The molecule has 2 aromatic heterocycles. The molecule has 0 aliphatic heterocycles. The summed E-state index contributed by atoms with van der Waals surface area (Å²) in [5.41, 5.74) is 0.721. The Balaban J connectivity index is 2.59. The second kappa shape index (κ2) is 3.92. The van der Waals surface area contributed by atoms with Crippen molar-refractivity contribution in [2.24, 2.45) is 7.05 Å². The summed E-state index contributed by atoms with van der Waals surface area (Å²) >= 11 is 0. The van der Waals surface area contributed by atoms with E-state index in [0.29, 0.717) is 5.95 Å². The van der Waals surface area contributed by atoms with Crippen LogP contribution in [-0.2, 0) is 7.05 Å². The Kier molecular flexibility index (Phi) is 2.60. The number of nitrogens with zero attached hydrogens (tertiary/aromatic N) is 4. The maximum absolute atomic E-state index is 12.1. The van der Waals surface area contributed by atoms with Crippen LogP contribution in [0.3, 0.4) is 0 Å². The Hall–Kier alpha value is -1.91.